The third-order valence-electron chi connectivity index (χ3n) is 8.27. The molecule has 1 atom stereocenters. The summed E-state index contributed by atoms with van der Waals surface area (Å²) in [5.74, 6) is -0.750. The summed E-state index contributed by atoms with van der Waals surface area (Å²) in [6.07, 6.45) is 25.2. The van der Waals surface area contributed by atoms with Crippen LogP contribution in [0.3, 0.4) is 0 Å². The minimum Gasteiger partial charge on any atom is -0.381 e. The molecule has 0 saturated heterocycles. The number of aryl methyl sites for hydroxylation is 2. The van der Waals surface area contributed by atoms with Crippen LogP contribution in [0.15, 0.2) is 18.5 Å². The highest BCUT2D eigenvalue weighted by molar-refractivity contribution is 5.59. The molecular formula is C34H52F2N2O. The first-order chi connectivity index (χ1) is 19.1. The summed E-state index contributed by atoms with van der Waals surface area (Å²) in [5, 5.41) is 0. The second-order valence-corrected chi connectivity index (χ2v) is 11.6. The molecule has 2 aromatic rings. The SMILES string of the molecule is CCCCCCCCCC1CCc2cc(-c3ncc(CCCCCOCCCCCC)cn3)c(F)c(F)c2C1. The van der Waals surface area contributed by atoms with Gasteiger partial charge in [0.25, 0.3) is 0 Å². The fraction of sp³-hybridized carbons (Fsp3) is 0.706. The van der Waals surface area contributed by atoms with Gasteiger partial charge in [-0.25, -0.2) is 18.7 Å². The van der Waals surface area contributed by atoms with E-state index < -0.39 is 11.6 Å². The van der Waals surface area contributed by atoms with E-state index in [1.165, 1.54) is 64.2 Å². The van der Waals surface area contributed by atoms with Crippen LogP contribution in [-0.4, -0.2) is 23.2 Å². The van der Waals surface area contributed by atoms with Crippen LogP contribution in [0, 0.1) is 17.6 Å². The number of fused-ring (bicyclic) bond motifs is 1. The molecular weight excluding hydrogens is 490 g/mol. The van der Waals surface area contributed by atoms with E-state index in [4.69, 9.17) is 4.74 Å². The maximum absolute atomic E-state index is 15.2. The smallest absolute Gasteiger partial charge is 0.170 e. The molecule has 0 aliphatic heterocycles. The quantitative estimate of drug-likeness (QED) is 0.156. The Morgan fingerprint density at radius 1 is 0.769 bits per heavy atom. The molecule has 1 heterocycles. The van der Waals surface area contributed by atoms with Crippen LogP contribution < -0.4 is 0 Å². The zero-order valence-electron chi connectivity index (χ0n) is 24.7. The van der Waals surface area contributed by atoms with Crippen molar-refractivity contribution >= 4 is 0 Å². The number of aromatic nitrogens is 2. The zero-order chi connectivity index (χ0) is 27.7. The fourth-order valence-corrected chi connectivity index (χ4v) is 5.78. The van der Waals surface area contributed by atoms with Crippen molar-refractivity contribution in [1.82, 2.24) is 9.97 Å². The van der Waals surface area contributed by atoms with Gasteiger partial charge < -0.3 is 4.74 Å². The van der Waals surface area contributed by atoms with E-state index in [0.29, 0.717) is 17.9 Å². The molecule has 0 spiro atoms. The second kappa shape index (κ2) is 18.5. The maximum atomic E-state index is 15.2. The summed E-state index contributed by atoms with van der Waals surface area (Å²) in [7, 11) is 0. The Balaban J connectivity index is 1.42. The lowest BCUT2D eigenvalue weighted by Gasteiger charge is -2.26. The van der Waals surface area contributed by atoms with Crippen molar-refractivity contribution in [1.29, 1.82) is 0 Å². The maximum Gasteiger partial charge on any atom is 0.170 e. The molecule has 0 N–H and O–H groups in total. The van der Waals surface area contributed by atoms with Gasteiger partial charge in [0.15, 0.2) is 17.5 Å². The Hall–Kier alpha value is -1.88. The van der Waals surface area contributed by atoms with Crippen LogP contribution in [-0.2, 0) is 24.0 Å². The van der Waals surface area contributed by atoms with E-state index >= 15 is 8.78 Å². The first-order valence-corrected chi connectivity index (χ1v) is 16.0. The second-order valence-electron chi connectivity index (χ2n) is 11.6. The molecule has 1 unspecified atom stereocenters. The van der Waals surface area contributed by atoms with Gasteiger partial charge >= 0.3 is 0 Å². The first-order valence-electron chi connectivity index (χ1n) is 16.0. The lowest BCUT2D eigenvalue weighted by atomic mass is 9.80. The van der Waals surface area contributed by atoms with Crippen molar-refractivity contribution in [2.75, 3.05) is 13.2 Å². The molecule has 3 nitrogen and oxygen atoms in total. The molecule has 0 saturated carbocycles. The predicted molar refractivity (Wildman–Crippen MR) is 158 cm³/mol. The molecule has 0 fully saturated rings. The van der Waals surface area contributed by atoms with Gasteiger partial charge in [-0.15, -0.1) is 0 Å². The van der Waals surface area contributed by atoms with Gasteiger partial charge in [0.05, 0.1) is 5.56 Å². The Labute approximate surface area is 236 Å². The lowest BCUT2D eigenvalue weighted by molar-refractivity contribution is 0.126. The third kappa shape index (κ3) is 10.9. The average molecular weight is 543 g/mol. The van der Waals surface area contributed by atoms with Crippen LogP contribution in [0.4, 0.5) is 8.78 Å². The van der Waals surface area contributed by atoms with Crippen LogP contribution in [0.1, 0.15) is 133 Å². The van der Waals surface area contributed by atoms with Crippen molar-refractivity contribution in [3.8, 4) is 11.4 Å². The van der Waals surface area contributed by atoms with Crippen LogP contribution in [0.2, 0.25) is 0 Å². The molecule has 5 heteroatoms. The molecule has 1 aromatic carbocycles. The van der Waals surface area contributed by atoms with Crippen LogP contribution in [0.25, 0.3) is 11.4 Å². The predicted octanol–water partition coefficient (Wildman–Crippen LogP) is 9.98. The van der Waals surface area contributed by atoms with E-state index in [-0.39, 0.29) is 11.4 Å². The summed E-state index contributed by atoms with van der Waals surface area (Å²) in [5.41, 5.74) is 2.74. The van der Waals surface area contributed by atoms with Gasteiger partial charge in [0, 0.05) is 25.6 Å². The normalized spacial score (nSPS) is 15.0. The molecule has 1 aromatic heterocycles. The van der Waals surface area contributed by atoms with Crippen molar-refractivity contribution in [3.05, 3.63) is 46.8 Å². The van der Waals surface area contributed by atoms with E-state index in [0.717, 1.165) is 75.7 Å². The number of hydrogen-bond donors (Lipinski definition) is 0. The van der Waals surface area contributed by atoms with E-state index in [1.807, 2.05) is 0 Å². The topological polar surface area (TPSA) is 35.0 Å². The van der Waals surface area contributed by atoms with E-state index in [1.54, 1.807) is 18.5 Å². The van der Waals surface area contributed by atoms with E-state index in [9.17, 15) is 0 Å². The number of nitrogens with zero attached hydrogens (tertiary/aromatic N) is 2. The van der Waals surface area contributed by atoms with Gasteiger partial charge in [0.1, 0.15) is 0 Å². The molecule has 218 valence electrons. The van der Waals surface area contributed by atoms with Crippen molar-refractivity contribution < 1.29 is 13.5 Å². The number of ether oxygens (including phenoxy) is 1. The highest BCUT2D eigenvalue weighted by atomic mass is 19.2. The Morgan fingerprint density at radius 3 is 2.08 bits per heavy atom. The number of benzene rings is 1. The fourth-order valence-electron chi connectivity index (χ4n) is 5.78. The van der Waals surface area contributed by atoms with Gasteiger partial charge in [-0.3, -0.25) is 0 Å². The number of unbranched alkanes of at least 4 members (excludes halogenated alkanes) is 11. The van der Waals surface area contributed by atoms with Gasteiger partial charge in [0.2, 0.25) is 0 Å². The molecule has 0 bridgehead atoms. The number of rotatable bonds is 20. The largest absolute Gasteiger partial charge is 0.381 e. The zero-order valence-corrected chi connectivity index (χ0v) is 24.7. The summed E-state index contributed by atoms with van der Waals surface area (Å²) in [4.78, 5) is 8.83. The molecule has 3 rings (SSSR count). The van der Waals surface area contributed by atoms with Crippen LogP contribution >= 0.6 is 0 Å². The molecule has 0 radical (unpaired) electrons. The number of hydrogen-bond acceptors (Lipinski definition) is 3. The summed E-state index contributed by atoms with van der Waals surface area (Å²) >= 11 is 0. The molecule has 1 aliphatic rings. The highest BCUT2D eigenvalue weighted by Gasteiger charge is 2.26. The highest BCUT2D eigenvalue weighted by Crippen LogP contribution is 2.35. The van der Waals surface area contributed by atoms with Crippen molar-refractivity contribution in [3.63, 3.8) is 0 Å². The summed E-state index contributed by atoms with van der Waals surface area (Å²) in [6, 6.07) is 1.80. The van der Waals surface area contributed by atoms with E-state index in [2.05, 4.69) is 23.8 Å². The van der Waals surface area contributed by atoms with Gasteiger partial charge in [-0.1, -0.05) is 90.9 Å². The third-order valence-corrected chi connectivity index (χ3v) is 8.27. The lowest BCUT2D eigenvalue weighted by Crippen LogP contribution is -2.17. The Morgan fingerprint density at radius 2 is 1.38 bits per heavy atom. The molecule has 39 heavy (non-hydrogen) atoms. The number of halogens is 2. The molecule has 1 aliphatic carbocycles. The van der Waals surface area contributed by atoms with Crippen molar-refractivity contribution in [2.24, 2.45) is 5.92 Å². The van der Waals surface area contributed by atoms with Gasteiger partial charge in [-0.2, -0.15) is 0 Å². The van der Waals surface area contributed by atoms with Crippen molar-refractivity contribution in [2.45, 2.75) is 136 Å². The Bertz CT molecular complexity index is 947. The van der Waals surface area contributed by atoms with Gasteiger partial charge in [-0.05, 0) is 73.6 Å². The average Bonchev–Trinajstić information content (AvgIpc) is 2.96. The standard InChI is InChI=1S/C34H52F2N2O/c1-3-5-7-9-10-11-13-17-27-19-20-29-24-31(33(36)32(35)30(29)23-27)34-37-25-28(26-38-34)18-14-12-16-22-39-21-15-8-6-4-2/h24-27H,3-23H2,1-2H3. The monoisotopic (exact) mass is 542 g/mol. The summed E-state index contributed by atoms with van der Waals surface area (Å²) in [6.45, 7) is 6.16. The molecule has 0 amide bonds. The summed E-state index contributed by atoms with van der Waals surface area (Å²) < 4.78 is 36.0. The Kier molecular flexibility index (Phi) is 15.0. The minimum atomic E-state index is -0.798. The minimum absolute atomic E-state index is 0.194. The van der Waals surface area contributed by atoms with Crippen LogP contribution in [0.5, 0.6) is 0 Å². The first kappa shape index (κ1) is 31.6.